The highest BCUT2D eigenvalue weighted by Gasteiger charge is 2.55. The highest BCUT2D eigenvalue weighted by Crippen LogP contribution is 2.62. The monoisotopic (exact) mass is 1940 g/mol. The van der Waals surface area contributed by atoms with Gasteiger partial charge in [0.2, 0.25) is 0 Å². The summed E-state index contributed by atoms with van der Waals surface area (Å²) < 4.78 is 97.4. The van der Waals surface area contributed by atoms with Crippen molar-refractivity contribution < 1.29 is 36.9 Å². The molecule has 4 aliphatic rings. The number of hydrogen-bond acceptors (Lipinski definition) is 16. The van der Waals surface area contributed by atoms with Crippen molar-refractivity contribution in [3.8, 4) is 51.9 Å². The Bertz CT molecular complexity index is 4310. The molecule has 0 amide bonds. The van der Waals surface area contributed by atoms with E-state index in [-0.39, 0.29) is 11.1 Å². The van der Waals surface area contributed by atoms with E-state index in [1.54, 1.807) is 45.3 Å². The first-order chi connectivity index (χ1) is 58.6. The lowest BCUT2D eigenvalue weighted by Gasteiger charge is -2.39. The minimum Gasteiger partial charge on any atom is -0.481 e. The van der Waals surface area contributed by atoms with Gasteiger partial charge in [0.05, 0.1) is 84.1 Å². The first-order valence-corrected chi connectivity index (χ1v) is 54.8. The summed E-state index contributed by atoms with van der Waals surface area (Å²) in [5.74, 6) is 8.21. The molecule has 8 unspecified atom stereocenters. The van der Waals surface area contributed by atoms with E-state index in [1.165, 1.54) is 166 Å². The summed E-state index contributed by atoms with van der Waals surface area (Å²) in [6.07, 6.45) is 38.2. The molecule has 2 saturated heterocycles. The molecule has 124 heavy (non-hydrogen) atoms. The van der Waals surface area contributed by atoms with Gasteiger partial charge in [-0.05, 0) is 222 Å². The Labute approximate surface area is 790 Å². The summed E-state index contributed by atoms with van der Waals surface area (Å²) in [7, 11) is -0.956. The predicted octanol–water partition coefficient (Wildman–Crippen LogP) is 34.1. The maximum atomic E-state index is 18.3. The summed E-state index contributed by atoms with van der Waals surface area (Å²) in [6.45, 7) is 54.6. The van der Waals surface area contributed by atoms with Gasteiger partial charge in [0.25, 0.3) is 0 Å². The zero-order chi connectivity index (χ0) is 90.0. The number of thiophene rings is 4. The van der Waals surface area contributed by atoms with E-state index < -0.39 is 59.5 Å². The van der Waals surface area contributed by atoms with Gasteiger partial charge in [-0.15, -0.1) is 45.3 Å². The van der Waals surface area contributed by atoms with Gasteiger partial charge >= 0.3 is 14.2 Å². The van der Waals surface area contributed by atoms with Crippen molar-refractivity contribution in [2.75, 3.05) is 0 Å². The standard InChI is InChI=1S/C84H128Br2F2N2O2S5.C18H26B2N2O4S/c1-53(2)25-17-29-57(9)33-21-37-61(13)41-45-83(46-42-62(14)38-22-34-58(10)30-18-26-54(3)4)65-49-69(93-79(65)81-67(91-83)51-71(85)95-81)73-75(87)76(88)74(78-77(73)89-97-90-78)70-50-66-80(94-70)82-68(52-72(86)96-82)92-84(66,47-43-63(15)39-23-35-59(11)31-19-27-55(5)6)48-44-64(16)40-24-36-60(12)32-20-28-56(7)8;1-15(2)16(3,4)24-19(23-15)11-9-10-12(14-13(11)21-27-22-14)20-25-17(5,6)18(7,8)26-20/h49-64H,17-48H2,1-16H3;9-10H,1-8H3. The molecule has 2 fully saturated rings. The Morgan fingerprint density at radius 3 is 0.823 bits per heavy atom. The van der Waals surface area contributed by atoms with Crippen molar-refractivity contribution in [3.05, 3.63) is 66.7 Å². The molecule has 6 aromatic heterocycles. The minimum absolute atomic E-state index is 0.212. The van der Waals surface area contributed by atoms with Gasteiger partial charge in [0.1, 0.15) is 44.8 Å². The number of halogens is 4. The van der Waals surface area contributed by atoms with Crippen LogP contribution in [0.3, 0.4) is 0 Å². The minimum atomic E-state index is -0.855. The predicted molar refractivity (Wildman–Crippen MR) is 540 cm³/mol. The van der Waals surface area contributed by atoms with Crippen molar-refractivity contribution in [3.63, 3.8) is 0 Å². The van der Waals surface area contributed by atoms with Crippen LogP contribution in [0.25, 0.3) is 62.5 Å². The molecular weight excluding hydrogens is 1790 g/mol. The Hall–Kier alpha value is -2.73. The number of fused-ring (bicyclic) bond motifs is 8. The first-order valence-electron chi connectivity index (χ1n) is 48.5. The number of benzene rings is 2. The lowest BCUT2D eigenvalue weighted by molar-refractivity contribution is 0.00578. The zero-order valence-electron chi connectivity index (χ0n) is 80.4. The third kappa shape index (κ3) is 25.8. The van der Waals surface area contributed by atoms with Crippen LogP contribution in [-0.4, -0.2) is 54.1 Å². The summed E-state index contributed by atoms with van der Waals surface area (Å²) >= 11 is 16.5. The van der Waals surface area contributed by atoms with Gasteiger partial charge < -0.3 is 28.1 Å². The Balaban J connectivity index is 0.000000465. The second kappa shape index (κ2) is 44.9. The van der Waals surface area contributed by atoms with E-state index in [2.05, 4.69) is 176 Å². The molecular formula is C102H154B2Br2F2N4O6S6. The summed E-state index contributed by atoms with van der Waals surface area (Å²) in [5, 5.41) is 0. The van der Waals surface area contributed by atoms with Crippen LogP contribution in [-0.2, 0) is 29.8 Å². The molecule has 8 atom stereocenters. The van der Waals surface area contributed by atoms with E-state index in [1.807, 2.05) is 67.5 Å². The molecule has 688 valence electrons. The van der Waals surface area contributed by atoms with Gasteiger partial charge in [0, 0.05) is 43.9 Å². The van der Waals surface area contributed by atoms with Gasteiger partial charge in [-0.3, -0.25) is 0 Å². The van der Waals surface area contributed by atoms with Crippen molar-refractivity contribution >= 4 is 148 Å². The molecule has 22 heteroatoms. The largest absolute Gasteiger partial charge is 0.497 e. The highest BCUT2D eigenvalue weighted by atomic mass is 79.9. The fourth-order valence-electron chi connectivity index (χ4n) is 19.2. The average Bonchev–Trinajstić information content (AvgIpc) is 1.55. The van der Waals surface area contributed by atoms with Gasteiger partial charge in [-0.1, -0.05) is 277 Å². The Morgan fingerprint density at radius 2 is 0.565 bits per heavy atom. The van der Waals surface area contributed by atoms with Crippen molar-refractivity contribution in [1.29, 1.82) is 0 Å². The molecule has 0 radical (unpaired) electrons. The molecule has 2 aromatic carbocycles. The van der Waals surface area contributed by atoms with Gasteiger partial charge in [-0.2, -0.15) is 17.5 Å². The van der Waals surface area contributed by atoms with Crippen LogP contribution in [0.1, 0.15) is 383 Å². The second-order valence-electron chi connectivity index (χ2n) is 43.1. The molecule has 0 spiro atoms. The molecule has 10 heterocycles. The maximum Gasteiger partial charge on any atom is 0.497 e. The molecule has 4 aliphatic heterocycles. The Morgan fingerprint density at radius 1 is 0.323 bits per heavy atom. The van der Waals surface area contributed by atoms with Crippen LogP contribution in [0, 0.1) is 82.6 Å². The summed E-state index contributed by atoms with van der Waals surface area (Å²) in [6, 6.07) is 12.7. The number of hydrogen-bond donors (Lipinski definition) is 0. The molecule has 10 nitrogen and oxygen atoms in total. The fraction of sp³-hybridized carbons (Fsp3) is 0.725. The third-order valence-corrected chi connectivity index (χ3v) is 36.0. The highest BCUT2D eigenvalue weighted by molar-refractivity contribution is 9.11. The first kappa shape index (κ1) is 102. The third-order valence-electron chi connectivity index (χ3n) is 29.0. The number of ether oxygens (including phenoxy) is 2. The second-order valence-corrected chi connectivity index (χ2v) is 51.2. The van der Waals surface area contributed by atoms with Crippen LogP contribution < -0.4 is 20.4 Å². The quantitative estimate of drug-likeness (QED) is 0.0342. The van der Waals surface area contributed by atoms with Gasteiger partial charge in [0.15, 0.2) is 11.6 Å². The van der Waals surface area contributed by atoms with E-state index in [4.69, 9.17) is 36.8 Å². The smallest absolute Gasteiger partial charge is 0.481 e. The number of aromatic nitrogens is 4. The normalized spacial score (nSPS) is 20.2. The van der Waals surface area contributed by atoms with Crippen LogP contribution in [0.15, 0.2) is 44.0 Å². The maximum absolute atomic E-state index is 18.3. The lowest BCUT2D eigenvalue weighted by Crippen LogP contribution is -2.41. The SMILES string of the molecule is CC(C)CCCC(C)CCCC(C)CCC1(CCC(C)CCCC(C)CCCC(C)C)Oc2cc(Br)sc2-c2sc(-c3c(F)c(F)c(-c4cc5c(s4)-c4sc(Br)cc4OC5(CCC(C)CCCC(C)CCCC(C)C)CCC(C)CCCC(C)CCCC(C)C)c4nsnc34)cc21.CC1(C)OB(c2ccc(B3OC(C)(C)C(C)(C)O3)c3nsnc23)OC1(C)C. The van der Waals surface area contributed by atoms with E-state index in [0.29, 0.717) is 44.5 Å². The van der Waals surface area contributed by atoms with E-state index in [0.717, 1.165) is 182 Å². The van der Waals surface area contributed by atoms with Crippen LogP contribution in [0.5, 0.6) is 11.5 Å². The summed E-state index contributed by atoms with van der Waals surface area (Å²) in [5.41, 5.74) is 3.98. The van der Waals surface area contributed by atoms with E-state index >= 15 is 8.78 Å². The lowest BCUT2D eigenvalue weighted by atomic mass is 9.72. The topological polar surface area (TPSA) is 107 Å². The van der Waals surface area contributed by atoms with Crippen LogP contribution >= 0.6 is 101 Å². The average molecular weight is 1940 g/mol. The van der Waals surface area contributed by atoms with E-state index in [9.17, 15) is 0 Å². The molecule has 0 saturated carbocycles. The molecule has 0 bridgehead atoms. The van der Waals surface area contributed by atoms with Crippen LogP contribution in [0.2, 0.25) is 0 Å². The number of nitrogens with zero attached hydrogens (tertiary/aromatic N) is 4. The van der Waals surface area contributed by atoms with Crippen LogP contribution in [0.4, 0.5) is 8.78 Å². The molecule has 0 N–H and O–H groups in total. The molecule has 8 aromatic rings. The fourth-order valence-corrected chi connectivity index (χ4v) is 26.2. The molecule has 0 aliphatic carbocycles. The van der Waals surface area contributed by atoms with Crippen molar-refractivity contribution in [2.45, 2.75) is 405 Å². The molecule has 12 rings (SSSR count). The summed E-state index contributed by atoms with van der Waals surface area (Å²) in [4.78, 5) is 5.71. The van der Waals surface area contributed by atoms with Crippen molar-refractivity contribution in [1.82, 2.24) is 17.5 Å². The Kier molecular flexibility index (Phi) is 36.8. The van der Waals surface area contributed by atoms with Gasteiger partial charge in [-0.25, -0.2) is 8.78 Å². The number of rotatable bonds is 48. The van der Waals surface area contributed by atoms with Crippen molar-refractivity contribution in [2.24, 2.45) is 71.0 Å². The zero-order valence-corrected chi connectivity index (χ0v) is 88.4.